The molecule has 1 amide bonds. The van der Waals surface area contributed by atoms with Crippen LogP contribution in [-0.4, -0.2) is 60.4 Å². The van der Waals surface area contributed by atoms with E-state index in [1.54, 1.807) is 24.0 Å². The van der Waals surface area contributed by atoms with Crippen molar-refractivity contribution in [3.05, 3.63) is 64.8 Å². The van der Waals surface area contributed by atoms with Gasteiger partial charge in [-0.3, -0.25) is 9.59 Å². The van der Waals surface area contributed by atoms with E-state index in [0.29, 0.717) is 42.6 Å². The molecule has 1 unspecified atom stereocenters. The van der Waals surface area contributed by atoms with Crippen molar-refractivity contribution in [2.45, 2.75) is 39.7 Å². The summed E-state index contributed by atoms with van der Waals surface area (Å²) in [6, 6.07) is 9.94. The molecule has 1 aliphatic rings. The summed E-state index contributed by atoms with van der Waals surface area (Å²) in [5.41, 5.74) is 0.754. The van der Waals surface area contributed by atoms with Crippen molar-refractivity contribution in [2.75, 3.05) is 33.8 Å². The minimum absolute atomic E-state index is 0.0403. The van der Waals surface area contributed by atoms with E-state index in [1.165, 1.54) is 0 Å². The molecule has 0 spiro atoms. The van der Waals surface area contributed by atoms with Crippen LogP contribution in [0.1, 0.15) is 54.6 Å². The Kier molecular flexibility index (Phi) is 7.97. The van der Waals surface area contributed by atoms with Crippen LogP contribution in [0.2, 0.25) is 0 Å². The monoisotopic (exact) mass is 454 g/mol. The fourth-order valence-corrected chi connectivity index (χ4v) is 3.90. The quantitative estimate of drug-likeness (QED) is 0.502. The van der Waals surface area contributed by atoms with E-state index in [1.807, 2.05) is 43.3 Å². The number of hydrogen-bond donors (Lipinski definition) is 1. The van der Waals surface area contributed by atoms with E-state index in [0.717, 1.165) is 13.0 Å². The lowest BCUT2D eigenvalue weighted by atomic mass is 9.95. The van der Waals surface area contributed by atoms with Crippen LogP contribution in [0.15, 0.2) is 52.1 Å². The number of furan rings is 1. The van der Waals surface area contributed by atoms with E-state index in [-0.39, 0.29) is 11.3 Å². The van der Waals surface area contributed by atoms with E-state index in [2.05, 4.69) is 13.8 Å². The van der Waals surface area contributed by atoms with Gasteiger partial charge in [0.15, 0.2) is 11.5 Å². The Labute approximate surface area is 195 Å². The highest BCUT2D eigenvalue weighted by Crippen LogP contribution is 2.40. The molecule has 0 radical (unpaired) electrons. The number of aliphatic hydroxyl groups is 1. The average Bonchev–Trinajstić information content (AvgIpc) is 3.29. The number of carbonyl (C=O) groups is 2. The summed E-state index contributed by atoms with van der Waals surface area (Å²) >= 11 is 0. The molecule has 3 rings (SSSR count). The van der Waals surface area contributed by atoms with E-state index in [4.69, 9.17) is 9.15 Å². The Hall–Kier alpha value is -3.06. The van der Waals surface area contributed by atoms with Gasteiger partial charge in [0, 0.05) is 6.54 Å². The number of benzene rings is 1. The highest BCUT2D eigenvalue weighted by molar-refractivity contribution is 6.15. The predicted molar refractivity (Wildman–Crippen MR) is 126 cm³/mol. The summed E-state index contributed by atoms with van der Waals surface area (Å²) in [5.74, 6) is 0.329. The number of hydrogen-bond acceptors (Lipinski definition) is 6. The van der Waals surface area contributed by atoms with Crippen molar-refractivity contribution < 1.29 is 23.8 Å². The summed E-state index contributed by atoms with van der Waals surface area (Å²) in [6.07, 6.45) is 1.62. The molecule has 1 aromatic carbocycles. The molecule has 0 bridgehead atoms. The van der Waals surface area contributed by atoms with Crippen molar-refractivity contribution in [3.63, 3.8) is 0 Å². The van der Waals surface area contributed by atoms with Crippen LogP contribution in [0.4, 0.5) is 0 Å². The lowest BCUT2D eigenvalue weighted by Crippen LogP contribution is -2.33. The van der Waals surface area contributed by atoms with Gasteiger partial charge in [0.25, 0.3) is 5.91 Å². The zero-order valence-corrected chi connectivity index (χ0v) is 20.1. The first-order valence-corrected chi connectivity index (χ1v) is 11.4. The molecule has 1 aromatic heterocycles. The van der Waals surface area contributed by atoms with Crippen LogP contribution < -0.4 is 4.74 Å². The van der Waals surface area contributed by atoms with Crippen LogP contribution in [0.3, 0.4) is 0 Å². The summed E-state index contributed by atoms with van der Waals surface area (Å²) in [4.78, 5) is 30.0. The number of rotatable bonds is 11. The first kappa shape index (κ1) is 24.6. The van der Waals surface area contributed by atoms with Gasteiger partial charge < -0.3 is 24.1 Å². The van der Waals surface area contributed by atoms with Crippen LogP contribution in [0.25, 0.3) is 0 Å². The molecule has 0 aliphatic carbocycles. The predicted octanol–water partition coefficient (Wildman–Crippen LogP) is 4.54. The average molecular weight is 455 g/mol. The molecule has 1 aliphatic heterocycles. The van der Waals surface area contributed by atoms with Gasteiger partial charge in [-0.2, -0.15) is 0 Å². The summed E-state index contributed by atoms with van der Waals surface area (Å²) < 4.78 is 11.4. The summed E-state index contributed by atoms with van der Waals surface area (Å²) in [5, 5.41) is 10.8. The Morgan fingerprint density at radius 1 is 1.24 bits per heavy atom. The zero-order valence-electron chi connectivity index (χ0n) is 20.1. The smallest absolute Gasteiger partial charge is 0.290 e. The number of nitrogens with zero attached hydrogens (tertiary/aromatic N) is 2. The topological polar surface area (TPSA) is 83.2 Å². The van der Waals surface area contributed by atoms with Gasteiger partial charge in [-0.15, -0.1) is 0 Å². The first-order chi connectivity index (χ1) is 15.7. The maximum absolute atomic E-state index is 13.3. The zero-order chi connectivity index (χ0) is 24.1. The van der Waals surface area contributed by atoms with E-state index in [9.17, 15) is 14.7 Å². The van der Waals surface area contributed by atoms with Crippen LogP contribution >= 0.6 is 0 Å². The van der Waals surface area contributed by atoms with Crippen molar-refractivity contribution in [1.82, 2.24) is 9.80 Å². The number of amides is 1. The molecule has 2 aromatic rings. The van der Waals surface area contributed by atoms with Gasteiger partial charge in [-0.1, -0.05) is 26.0 Å². The molecule has 0 fully saturated rings. The summed E-state index contributed by atoms with van der Waals surface area (Å²) in [6.45, 7) is 7.77. The third-order valence-corrected chi connectivity index (χ3v) is 5.65. The highest BCUT2D eigenvalue weighted by atomic mass is 16.5. The summed E-state index contributed by atoms with van der Waals surface area (Å²) in [7, 11) is 3.93. The maximum Gasteiger partial charge on any atom is 0.290 e. The van der Waals surface area contributed by atoms with E-state index < -0.39 is 23.5 Å². The number of carbonyl (C=O) groups excluding carboxylic acids is 2. The van der Waals surface area contributed by atoms with Crippen molar-refractivity contribution in [3.8, 4) is 5.75 Å². The second kappa shape index (κ2) is 10.7. The molecule has 1 N–H and O–H groups in total. The number of ketones is 1. The van der Waals surface area contributed by atoms with Crippen molar-refractivity contribution >= 4 is 11.7 Å². The number of aryl methyl sites for hydroxylation is 1. The molecular weight excluding hydrogens is 420 g/mol. The van der Waals surface area contributed by atoms with Gasteiger partial charge in [0.2, 0.25) is 5.78 Å². The van der Waals surface area contributed by atoms with Gasteiger partial charge >= 0.3 is 0 Å². The van der Waals surface area contributed by atoms with Gasteiger partial charge in [-0.05, 0) is 76.2 Å². The van der Waals surface area contributed by atoms with Crippen molar-refractivity contribution in [1.29, 1.82) is 0 Å². The van der Waals surface area contributed by atoms with Crippen molar-refractivity contribution in [2.24, 2.45) is 5.92 Å². The molecule has 1 atom stereocenters. The fraction of sp³-hybridized carbons (Fsp3) is 0.462. The number of aliphatic hydroxyl groups excluding tert-OH is 1. The second-order valence-corrected chi connectivity index (χ2v) is 9.16. The maximum atomic E-state index is 13.3. The molecule has 7 nitrogen and oxygen atoms in total. The van der Waals surface area contributed by atoms with Crippen LogP contribution in [0.5, 0.6) is 5.75 Å². The minimum Gasteiger partial charge on any atom is -0.503 e. The molecular formula is C26H34N2O5. The van der Waals surface area contributed by atoms with Gasteiger partial charge in [0.05, 0.1) is 18.2 Å². The number of ether oxygens (including phenoxy) is 1. The standard InChI is InChI=1S/C26H34N2O5/c1-17(2)12-15-32-20-9-6-8-19(16-20)23-22(24(29)21-11-10-18(3)33-21)25(30)26(31)28(23)14-7-13-27(4)5/h6,8-11,16-17,23,30H,7,12-15H2,1-5H3. The normalized spacial score (nSPS) is 16.4. The Bertz CT molecular complexity index is 1020. The third kappa shape index (κ3) is 5.85. The Morgan fingerprint density at radius 2 is 2.00 bits per heavy atom. The molecule has 178 valence electrons. The van der Waals surface area contributed by atoms with Gasteiger partial charge in [0.1, 0.15) is 11.5 Å². The molecule has 7 heteroatoms. The van der Waals surface area contributed by atoms with E-state index >= 15 is 0 Å². The lowest BCUT2D eigenvalue weighted by molar-refractivity contribution is -0.129. The Balaban J connectivity index is 1.96. The minimum atomic E-state index is -0.716. The molecule has 33 heavy (non-hydrogen) atoms. The molecule has 0 saturated carbocycles. The molecule has 0 saturated heterocycles. The van der Waals surface area contributed by atoms with Crippen LogP contribution in [-0.2, 0) is 4.79 Å². The second-order valence-electron chi connectivity index (χ2n) is 9.16. The fourth-order valence-electron chi connectivity index (χ4n) is 3.90. The third-order valence-electron chi connectivity index (χ3n) is 5.65. The SMILES string of the molecule is Cc1ccc(C(=O)C2=C(O)C(=O)N(CCCN(C)C)C2c2cccc(OCCC(C)C)c2)o1. The highest BCUT2D eigenvalue weighted by Gasteiger charge is 2.44. The first-order valence-electron chi connectivity index (χ1n) is 11.4. The molecule has 2 heterocycles. The largest absolute Gasteiger partial charge is 0.503 e. The van der Waals surface area contributed by atoms with Gasteiger partial charge in [-0.25, -0.2) is 0 Å². The Morgan fingerprint density at radius 3 is 2.64 bits per heavy atom. The van der Waals surface area contributed by atoms with Crippen LogP contribution in [0, 0.1) is 12.8 Å². The lowest BCUT2D eigenvalue weighted by Gasteiger charge is -2.27. The number of Topliss-reactive ketones (excluding diaryl/α,β-unsaturated/α-hetero) is 1.